The van der Waals surface area contributed by atoms with E-state index in [1.54, 1.807) is 6.07 Å². The summed E-state index contributed by atoms with van der Waals surface area (Å²) in [7, 11) is 0. The van der Waals surface area contributed by atoms with Crippen molar-refractivity contribution in [2.75, 3.05) is 0 Å². The lowest BCUT2D eigenvalue weighted by molar-refractivity contribution is -0.209. The molecule has 1 aromatic carbocycles. The van der Waals surface area contributed by atoms with E-state index in [0.717, 1.165) is 30.4 Å². The Morgan fingerprint density at radius 3 is 2.68 bits per heavy atom. The van der Waals surface area contributed by atoms with Crippen LogP contribution < -0.4 is 10.1 Å². The molecule has 2 aliphatic heterocycles. The van der Waals surface area contributed by atoms with Gasteiger partial charge in [0.1, 0.15) is 22.9 Å². The van der Waals surface area contributed by atoms with Gasteiger partial charge in [-0.3, -0.25) is 9.59 Å². The molecule has 0 bridgehead atoms. The largest absolute Gasteiger partial charge is 0.508 e. The van der Waals surface area contributed by atoms with Crippen molar-refractivity contribution in [1.82, 2.24) is 5.32 Å². The highest BCUT2D eigenvalue weighted by Gasteiger charge is 2.68. The summed E-state index contributed by atoms with van der Waals surface area (Å²) < 4.78 is 6.95. The van der Waals surface area contributed by atoms with Gasteiger partial charge in [0.2, 0.25) is 0 Å². The summed E-state index contributed by atoms with van der Waals surface area (Å²) in [6.07, 6.45) is 4.00. The van der Waals surface area contributed by atoms with Crippen LogP contribution in [0.15, 0.2) is 6.07 Å². The van der Waals surface area contributed by atoms with Crippen LogP contribution in [0.2, 0.25) is 0 Å². The van der Waals surface area contributed by atoms with Crippen molar-refractivity contribution in [2.24, 2.45) is 22.7 Å². The number of hydrogen-bond donors (Lipinski definition) is 2. The lowest BCUT2D eigenvalue weighted by Gasteiger charge is -2.65. The molecule has 2 heterocycles. The zero-order chi connectivity index (χ0) is 20.1. The number of aromatic hydroxyl groups is 1. The number of fused-ring (bicyclic) bond motifs is 3. The maximum Gasteiger partial charge on any atom is 0.252 e. The molecular formula is C23H29NO4. The third-order valence-corrected chi connectivity index (χ3v) is 8.78. The molecule has 4 atom stereocenters. The van der Waals surface area contributed by atoms with Crippen molar-refractivity contribution in [3.05, 3.63) is 22.8 Å². The number of phenols is 1. The smallest absolute Gasteiger partial charge is 0.252 e. The van der Waals surface area contributed by atoms with Crippen molar-refractivity contribution < 1.29 is 19.4 Å². The minimum absolute atomic E-state index is 0.138. The number of hydrogen-bond acceptors (Lipinski definition) is 4. The van der Waals surface area contributed by atoms with Crippen molar-refractivity contribution in [3.63, 3.8) is 0 Å². The van der Waals surface area contributed by atoms with Crippen LogP contribution in [0.3, 0.4) is 0 Å². The third kappa shape index (κ3) is 1.93. The van der Waals surface area contributed by atoms with E-state index < -0.39 is 11.0 Å². The van der Waals surface area contributed by atoms with E-state index in [1.165, 1.54) is 0 Å². The van der Waals surface area contributed by atoms with Crippen LogP contribution in [0, 0.1) is 22.7 Å². The summed E-state index contributed by atoms with van der Waals surface area (Å²) in [5.41, 5.74) is 1.17. The number of ether oxygens (including phenoxy) is 1. The van der Waals surface area contributed by atoms with Gasteiger partial charge in [0.15, 0.2) is 0 Å². The van der Waals surface area contributed by atoms with Gasteiger partial charge in [-0.15, -0.1) is 0 Å². The highest BCUT2D eigenvalue weighted by molar-refractivity contribution is 6.00. The van der Waals surface area contributed by atoms with Gasteiger partial charge in [-0.25, -0.2) is 0 Å². The second-order valence-electron chi connectivity index (χ2n) is 10.2. The van der Waals surface area contributed by atoms with Crippen LogP contribution in [-0.2, 0) is 17.8 Å². The molecule has 28 heavy (non-hydrogen) atoms. The summed E-state index contributed by atoms with van der Waals surface area (Å²) in [6, 6.07) is 1.60. The fraction of sp³-hybridized carbons (Fsp3) is 0.652. The van der Waals surface area contributed by atoms with Crippen LogP contribution >= 0.6 is 0 Å². The molecule has 5 heteroatoms. The number of rotatable bonds is 0. The number of amides is 1. The first-order valence-electron chi connectivity index (χ1n) is 10.5. The number of Topliss-reactive ketones (excluding diaryl/α,β-unsaturated/α-hetero) is 1. The van der Waals surface area contributed by atoms with Crippen LogP contribution in [0.25, 0.3) is 0 Å². The second-order valence-corrected chi connectivity index (χ2v) is 10.2. The standard InChI is InChI=1S/C23H29NO4/c1-12-5-6-17-21(2,3)18(26)7-8-23(17)22(12,4)10-14-16(25)9-13-15(19(14)28-23)11-24-20(13)27/h9,12,17,25H,5-8,10-11H2,1-4H3,(H,24,27)/t12-,17-,22-,23+/m0/s1. The highest BCUT2D eigenvalue weighted by Crippen LogP contribution is 2.66. The molecule has 2 fully saturated rings. The number of phenolic OH excluding ortho intramolecular Hbond substituents is 1. The molecule has 1 amide bonds. The molecule has 0 radical (unpaired) electrons. The van der Waals surface area contributed by atoms with E-state index in [0.29, 0.717) is 42.4 Å². The van der Waals surface area contributed by atoms with E-state index in [-0.39, 0.29) is 23.0 Å². The number of carbonyl (C=O) groups is 2. The number of benzene rings is 1. The Labute approximate surface area is 165 Å². The van der Waals surface area contributed by atoms with E-state index in [4.69, 9.17) is 4.74 Å². The number of ketones is 1. The first-order chi connectivity index (χ1) is 13.1. The zero-order valence-corrected chi connectivity index (χ0v) is 17.1. The van der Waals surface area contributed by atoms with E-state index in [1.807, 2.05) is 0 Å². The van der Waals surface area contributed by atoms with Gasteiger partial charge in [-0.2, -0.15) is 0 Å². The molecule has 1 spiro atoms. The Morgan fingerprint density at radius 1 is 1.18 bits per heavy atom. The molecular weight excluding hydrogens is 354 g/mol. The monoisotopic (exact) mass is 383 g/mol. The predicted octanol–water partition coefficient (Wildman–Crippen LogP) is 3.75. The SMILES string of the molecule is C[C@H]1CC[C@H]2C(C)(C)C(=O)CC[C@@]23Oc2c(c(O)cc4c2CNC4=O)C[C@@]13C. The molecule has 2 N–H and O–H groups in total. The Hall–Kier alpha value is -2.04. The lowest BCUT2D eigenvalue weighted by atomic mass is 9.44. The molecule has 0 unspecified atom stereocenters. The van der Waals surface area contributed by atoms with Gasteiger partial charge in [0, 0.05) is 40.8 Å². The molecule has 5 rings (SSSR count). The maximum atomic E-state index is 12.8. The van der Waals surface area contributed by atoms with Crippen LogP contribution in [-0.4, -0.2) is 22.4 Å². The van der Waals surface area contributed by atoms with Crippen molar-refractivity contribution in [1.29, 1.82) is 0 Å². The Balaban J connectivity index is 1.74. The van der Waals surface area contributed by atoms with Gasteiger partial charge in [0.25, 0.3) is 5.91 Å². The normalized spacial score (nSPS) is 37.9. The van der Waals surface area contributed by atoms with Gasteiger partial charge in [-0.05, 0) is 37.7 Å². The number of carbonyl (C=O) groups excluding carboxylic acids is 2. The minimum atomic E-state index is -0.442. The summed E-state index contributed by atoms with van der Waals surface area (Å²) >= 11 is 0. The van der Waals surface area contributed by atoms with Gasteiger partial charge in [0.05, 0.1) is 5.56 Å². The fourth-order valence-electron chi connectivity index (χ4n) is 6.78. The van der Waals surface area contributed by atoms with Crippen LogP contribution in [0.1, 0.15) is 74.9 Å². The summed E-state index contributed by atoms with van der Waals surface area (Å²) in [5, 5.41) is 13.6. The Morgan fingerprint density at radius 2 is 1.93 bits per heavy atom. The van der Waals surface area contributed by atoms with Gasteiger partial charge in [-0.1, -0.05) is 27.7 Å². The van der Waals surface area contributed by atoms with Crippen LogP contribution in [0.5, 0.6) is 11.5 Å². The third-order valence-electron chi connectivity index (χ3n) is 8.78. The first-order valence-corrected chi connectivity index (χ1v) is 10.5. The van der Waals surface area contributed by atoms with Crippen molar-refractivity contribution in [3.8, 4) is 11.5 Å². The fourth-order valence-corrected chi connectivity index (χ4v) is 6.78. The van der Waals surface area contributed by atoms with Gasteiger partial charge >= 0.3 is 0 Å². The quantitative estimate of drug-likeness (QED) is 0.715. The Kier molecular flexibility index (Phi) is 3.42. The van der Waals surface area contributed by atoms with Crippen molar-refractivity contribution >= 4 is 11.7 Å². The lowest BCUT2D eigenvalue weighted by Crippen LogP contribution is -2.69. The second kappa shape index (κ2) is 5.31. The minimum Gasteiger partial charge on any atom is -0.508 e. The maximum absolute atomic E-state index is 12.8. The van der Waals surface area contributed by atoms with Gasteiger partial charge < -0.3 is 15.2 Å². The first kappa shape index (κ1) is 18.0. The molecule has 0 saturated heterocycles. The molecule has 0 aromatic heterocycles. The van der Waals surface area contributed by atoms with Crippen LogP contribution in [0.4, 0.5) is 0 Å². The molecule has 2 aliphatic carbocycles. The molecule has 2 saturated carbocycles. The summed E-state index contributed by atoms with van der Waals surface area (Å²) in [5.74, 6) is 1.58. The predicted molar refractivity (Wildman–Crippen MR) is 104 cm³/mol. The summed E-state index contributed by atoms with van der Waals surface area (Å²) in [6.45, 7) is 9.16. The van der Waals surface area contributed by atoms with E-state index in [2.05, 4.69) is 33.0 Å². The van der Waals surface area contributed by atoms with E-state index >= 15 is 0 Å². The number of nitrogens with one attached hydrogen (secondary N) is 1. The molecule has 1 aromatic rings. The summed E-state index contributed by atoms with van der Waals surface area (Å²) in [4.78, 5) is 25.0. The average Bonchev–Trinajstić information content (AvgIpc) is 3.00. The Bertz CT molecular complexity index is 920. The van der Waals surface area contributed by atoms with Crippen molar-refractivity contribution in [2.45, 2.75) is 71.9 Å². The molecule has 150 valence electrons. The molecule has 5 nitrogen and oxygen atoms in total. The topological polar surface area (TPSA) is 75.6 Å². The highest BCUT2D eigenvalue weighted by atomic mass is 16.5. The molecule has 4 aliphatic rings. The zero-order valence-electron chi connectivity index (χ0n) is 17.1. The van der Waals surface area contributed by atoms with E-state index in [9.17, 15) is 14.7 Å². The average molecular weight is 383 g/mol.